The Bertz CT molecular complexity index is 148. The largest absolute Gasteiger partial charge is 0.190 e. The third-order valence-electron chi connectivity index (χ3n) is 2.73. The molecule has 42 valence electrons. The van der Waals surface area contributed by atoms with E-state index in [-0.39, 0.29) is 0 Å². The predicted molar refractivity (Wildman–Crippen MR) is 28.6 cm³/mol. The zero-order valence-corrected chi connectivity index (χ0v) is 4.62. The highest BCUT2D eigenvalue weighted by Gasteiger charge is 2.57. The Balaban J connectivity index is 2.12. The van der Waals surface area contributed by atoms with Crippen LogP contribution < -0.4 is 0 Å². The maximum Gasteiger partial charge on any atom is 0.0761 e. The number of nitrogens with zero attached hydrogens (tertiary/aromatic N) is 2. The minimum absolute atomic E-state index is 0.671. The highest BCUT2D eigenvalue weighted by Crippen LogP contribution is 2.57. The molecule has 0 amide bonds. The standard InChI is InChI=1S/C6H8N2/c1-3-4(1)6-2-5(3)7-8-6/h3-6H,1-2H2. The fraction of sp³-hybridized carbons (Fsp3) is 1.00. The predicted octanol–water partition coefficient (Wildman–Crippen LogP) is 1.23. The van der Waals surface area contributed by atoms with Crippen LogP contribution in [0.1, 0.15) is 12.8 Å². The summed E-state index contributed by atoms with van der Waals surface area (Å²) in [6.07, 6.45) is 2.72. The molecule has 2 saturated carbocycles. The van der Waals surface area contributed by atoms with Gasteiger partial charge in [0.05, 0.1) is 12.1 Å². The Kier molecular flexibility index (Phi) is 0.382. The van der Waals surface area contributed by atoms with Gasteiger partial charge in [0, 0.05) is 0 Å². The molecule has 0 aromatic heterocycles. The van der Waals surface area contributed by atoms with Gasteiger partial charge in [-0.2, -0.15) is 10.2 Å². The average Bonchev–Trinajstić information content (AvgIpc) is 2.39. The Morgan fingerprint density at radius 3 is 1.88 bits per heavy atom. The van der Waals surface area contributed by atoms with Crippen molar-refractivity contribution in [3.63, 3.8) is 0 Å². The highest BCUT2D eigenvalue weighted by molar-refractivity contribution is 5.11. The summed E-state index contributed by atoms with van der Waals surface area (Å²) in [4.78, 5) is 0. The van der Waals surface area contributed by atoms with Gasteiger partial charge in [-0.15, -0.1) is 0 Å². The second-order valence-electron chi connectivity index (χ2n) is 3.16. The number of fused-ring (bicyclic) bond motifs is 5. The molecule has 0 radical (unpaired) electrons. The first-order valence-electron chi connectivity index (χ1n) is 3.35. The molecule has 0 aromatic rings. The van der Waals surface area contributed by atoms with Gasteiger partial charge >= 0.3 is 0 Å². The van der Waals surface area contributed by atoms with Crippen LogP contribution in [0.2, 0.25) is 0 Å². The zero-order valence-electron chi connectivity index (χ0n) is 4.62. The molecular weight excluding hydrogens is 100 g/mol. The van der Waals surface area contributed by atoms with Gasteiger partial charge in [0.2, 0.25) is 0 Å². The monoisotopic (exact) mass is 108 g/mol. The molecule has 2 nitrogen and oxygen atoms in total. The minimum Gasteiger partial charge on any atom is -0.190 e. The Morgan fingerprint density at radius 2 is 1.50 bits per heavy atom. The van der Waals surface area contributed by atoms with Gasteiger partial charge in [-0.05, 0) is 24.7 Å². The fourth-order valence-electron chi connectivity index (χ4n) is 2.15. The number of azo groups is 1. The van der Waals surface area contributed by atoms with Crippen molar-refractivity contribution in [1.82, 2.24) is 0 Å². The van der Waals surface area contributed by atoms with Crippen LogP contribution in [0.15, 0.2) is 10.2 Å². The molecule has 1 aliphatic heterocycles. The molecule has 3 rings (SSSR count). The molecule has 0 spiro atoms. The number of rotatable bonds is 0. The molecule has 2 aliphatic carbocycles. The first kappa shape index (κ1) is 3.59. The van der Waals surface area contributed by atoms with Gasteiger partial charge in [0.1, 0.15) is 0 Å². The van der Waals surface area contributed by atoms with Gasteiger partial charge in [-0.3, -0.25) is 0 Å². The SMILES string of the molecule is C1C2N=NC1C1CC21. The molecule has 2 heteroatoms. The summed E-state index contributed by atoms with van der Waals surface area (Å²) < 4.78 is 0. The topological polar surface area (TPSA) is 24.7 Å². The molecule has 2 fully saturated rings. The molecule has 0 saturated heterocycles. The van der Waals surface area contributed by atoms with Gasteiger partial charge in [-0.1, -0.05) is 0 Å². The lowest BCUT2D eigenvalue weighted by molar-refractivity contribution is 0.613. The molecule has 2 bridgehead atoms. The van der Waals surface area contributed by atoms with Crippen molar-refractivity contribution < 1.29 is 0 Å². The molecule has 1 heterocycles. The lowest BCUT2D eigenvalue weighted by Gasteiger charge is -1.95. The van der Waals surface area contributed by atoms with E-state index in [0.29, 0.717) is 12.1 Å². The van der Waals surface area contributed by atoms with E-state index < -0.39 is 0 Å². The quantitative estimate of drug-likeness (QED) is 0.446. The van der Waals surface area contributed by atoms with Crippen molar-refractivity contribution in [2.24, 2.45) is 22.1 Å². The van der Waals surface area contributed by atoms with Gasteiger partial charge < -0.3 is 0 Å². The molecule has 0 N–H and O–H groups in total. The average molecular weight is 108 g/mol. The van der Waals surface area contributed by atoms with E-state index in [1.54, 1.807) is 0 Å². The molecule has 8 heavy (non-hydrogen) atoms. The van der Waals surface area contributed by atoms with Crippen LogP contribution in [-0.4, -0.2) is 12.1 Å². The van der Waals surface area contributed by atoms with E-state index in [4.69, 9.17) is 0 Å². The number of hydrogen-bond donors (Lipinski definition) is 0. The normalized spacial score (nSPS) is 64.0. The van der Waals surface area contributed by atoms with Crippen molar-refractivity contribution in [1.29, 1.82) is 0 Å². The van der Waals surface area contributed by atoms with E-state index >= 15 is 0 Å². The lowest BCUT2D eigenvalue weighted by atomic mass is 10.2. The summed E-state index contributed by atoms with van der Waals surface area (Å²) in [7, 11) is 0. The second kappa shape index (κ2) is 0.850. The van der Waals surface area contributed by atoms with E-state index in [1.807, 2.05) is 0 Å². The minimum atomic E-state index is 0.671. The van der Waals surface area contributed by atoms with Gasteiger partial charge in [0.15, 0.2) is 0 Å². The summed E-state index contributed by atoms with van der Waals surface area (Å²) in [5.41, 5.74) is 0. The van der Waals surface area contributed by atoms with Gasteiger partial charge in [-0.25, -0.2) is 0 Å². The summed E-state index contributed by atoms with van der Waals surface area (Å²) in [6, 6.07) is 1.34. The first-order valence-corrected chi connectivity index (χ1v) is 3.35. The molecule has 3 aliphatic rings. The van der Waals surface area contributed by atoms with Crippen LogP contribution in [0, 0.1) is 11.8 Å². The van der Waals surface area contributed by atoms with Gasteiger partial charge in [0.25, 0.3) is 0 Å². The molecule has 0 aromatic carbocycles. The van der Waals surface area contributed by atoms with Crippen molar-refractivity contribution >= 4 is 0 Å². The van der Waals surface area contributed by atoms with E-state index in [1.165, 1.54) is 12.8 Å². The summed E-state index contributed by atoms with van der Waals surface area (Å²) in [5, 5.41) is 8.30. The smallest absolute Gasteiger partial charge is 0.0761 e. The summed E-state index contributed by atoms with van der Waals surface area (Å²) >= 11 is 0. The van der Waals surface area contributed by atoms with E-state index in [2.05, 4.69) is 10.2 Å². The Hall–Kier alpha value is -0.400. The van der Waals surface area contributed by atoms with Crippen LogP contribution >= 0.6 is 0 Å². The van der Waals surface area contributed by atoms with E-state index in [0.717, 1.165) is 11.8 Å². The van der Waals surface area contributed by atoms with Crippen LogP contribution in [0.25, 0.3) is 0 Å². The fourth-order valence-corrected chi connectivity index (χ4v) is 2.15. The molecule has 4 atom stereocenters. The third kappa shape index (κ3) is 0.232. The van der Waals surface area contributed by atoms with Crippen LogP contribution in [0.5, 0.6) is 0 Å². The maximum absolute atomic E-state index is 4.15. The van der Waals surface area contributed by atoms with Crippen molar-refractivity contribution in [3.05, 3.63) is 0 Å². The van der Waals surface area contributed by atoms with Crippen LogP contribution in [0.3, 0.4) is 0 Å². The van der Waals surface area contributed by atoms with Crippen LogP contribution in [-0.2, 0) is 0 Å². The first-order chi connectivity index (χ1) is 3.95. The lowest BCUT2D eigenvalue weighted by Crippen LogP contribution is -1.98. The van der Waals surface area contributed by atoms with Crippen LogP contribution in [0.4, 0.5) is 0 Å². The molecule has 4 unspecified atom stereocenters. The van der Waals surface area contributed by atoms with Crippen molar-refractivity contribution in [2.45, 2.75) is 24.9 Å². The highest BCUT2D eigenvalue weighted by atomic mass is 15.2. The Labute approximate surface area is 48.0 Å². The van der Waals surface area contributed by atoms with E-state index in [9.17, 15) is 0 Å². The van der Waals surface area contributed by atoms with Crippen molar-refractivity contribution in [3.8, 4) is 0 Å². The number of hydrogen-bond acceptors (Lipinski definition) is 2. The summed E-state index contributed by atoms with van der Waals surface area (Å²) in [5.74, 6) is 1.97. The zero-order chi connectivity index (χ0) is 5.14. The van der Waals surface area contributed by atoms with Crippen molar-refractivity contribution in [2.75, 3.05) is 0 Å². The summed E-state index contributed by atoms with van der Waals surface area (Å²) in [6.45, 7) is 0. The second-order valence-corrected chi connectivity index (χ2v) is 3.16. The maximum atomic E-state index is 4.15. The molecular formula is C6H8N2. The Morgan fingerprint density at radius 1 is 0.875 bits per heavy atom. The third-order valence-corrected chi connectivity index (χ3v) is 2.73.